The van der Waals surface area contributed by atoms with Gasteiger partial charge in [-0.1, -0.05) is 6.07 Å². The van der Waals surface area contributed by atoms with E-state index >= 15 is 0 Å². The van der Waals surface area contributed by atoms with Gasteiger partial charge in [-0.2, -0.15) is 0 Å². The predicted molar refractivity (Wildman–Crippen MR) is 107 cm³/mol. The Hall–Kier alpha value is -3.86. The molecule has 2 amide bonds. The number of benzene rings is 1. The maximum absolute atomic E-state index is 12.0. The number of hydrogen-bond donors (Lipinski definition) is 2. The second kappa shape index (κ2) is 11.4. The lowest BCUT2D eigenvalue weighted by atomic mass is 10.2. The Kier molecular flexibility index (Phi) is 8.58. The highest BCUT2D eigenvalue weighted by Crippen LogP contribution is 2.30. The normalized spacial score (nSPS) is 10.1. The zero-order valence-electron chi connectivity index (χ0n) is 17.3. The lowest BCUT2D eigenvalue weighted by Crippen LogP contribution is -2.37. The molecule has 2 rings (SSSR count). The molecule has 0 unspecified atom stereocenters. The van der Waals surface area contributed by atoms with E-state index in [4.69, 9.17) is 29.4 Å². The minimum Gasteiger partial charge on any atom is -0.493 e. The summed E-state index contributed by atoms with van der Waals surface area (Å²) >= 11 is 0. The zero-order valence-corrected chi connectivity index (χ0v) is 17.3. The van der Waals surface area contributed by atoms with Crippen LogP contribution in [0.25, 0.3) is 0 Å². The molecule has 0 saturated carbocycles. The van der Waals surface area contributed by atoms with E-state index in [1.807, 2.05) is 5.32 Å². The molecule has 1 aromatic heterocycles. The summed E-state index contributed by atoms with van der Waals surface area (Å²) in [6, 6.07) is 6.47. The second-order valence-electron chi connectivity index (χ2n) is 5.87. The number of methoxy groups -OCH3 is 2. The number of aromatic nitrogens is 1. The number of carbonyl (C=O) groups excluding carboxylic acids is 3. The molecular formula is C20H23N3O8. The van der Waals surface area contributed by atoms with Crippen molar-refractivity contribution in [3.63, 3.8) is 0 Å². The van der Waals surface area contributed by atoms with Gasteiger partial charge in [-0.25, -0.2) is 14.6 Å². The van der Waals surface area contributed by atoms with Crippen LogP contribution in [0.3, 0.4) is 0 Å². The first-order valence-corrected chi connectivity index (χ1v) is 9.14. The molecular weight excluding hydrogens is 410 g/mol. The third-order valence-corrected chi connectivity index (χ3v) is 3.79. The van der Waals surface area contributed by atoms with Crippen LogP contribution in [0.5, 0.6) is 23.1 Å². The first kappa shape index (κ1) is 23.4. The molecule has 0 radical (unpaired) electrons. The van der Waals surface area contributed by atoms with Gasteiger partial charge in [-0.15, -0.1) is 0 Å². The number of ether oxygens (including phenoxy) is 5. The fourth-order valence-electron chi connectivity index (χ4n) is 2.35. The number of esters is 1. The summed E-state index contributed by atoms with van der Waals surface area (Å²) in [4.78, 5) is 39.1. The lowest BCUT2D eigenvalue weighted by molar-refractivity contribution is -0.118. The fourth-order valence-corrected chi connectivity index (χ4v) is 2.35. The fraction of sp³-hybridized carbons (Fsp3) is 0.300. The van der Waals surface area contributed by atoms with E-state index in [9.17, 15) is 14.4 Å². The number of nitrogens with one attached hydrogen (secondary N) is 1. The van der Waals surface area contributed by atoms with Crippen molar-refractivity contribution >= 4 is 18.0 Å². The third kappa shape index (κ3) is 6.57. The maximum atomic E-state index is 12.0. The molecule has 0 aliphatic rings. The highest BCUT2D eigenvalue weighted by molar-refractivity contribution is 5.93. The van der Waals surface area contributed by atoms with E-state index in [1.54, 1.807) is 25.1 Å². The van der Waals surface area contributed by atoms with Crippen molar-refractivity contribution in [1.29, 1.82) is 0 Å². The number of nitrogens with two attached hydrogens (primary N) is 1. The SMILES string of the molecule is CCOC(=O)c1cnc(OC(=O)NC(=O)CN)c(OCc2ccc(OC)c(OC)c2)c1. The molecule has 2 aromatic rings. The first-order valence-electron chi connectivity index (χ1n) is 9.14. The minimum absolute atomic E-state index is 0.0179. The summed E-state index contributed by atoms with van der Waals surface area (Å²) in [5.74, 6) is -0.589. The molecule has 166 valence electrons. The van der Waals surface area contributed by atoms with Crippen molar-refractivity contribution in [3.8, 4) is 23.1 Å². The summed E-state index contributed by atoms with van der Waals surface area (Å²) in [7, 11) is 3.02. The number of amides is 2. The van der Waals surface area contributed by atoms with Gasteiger partial charge in [0.25, 0.3) is 5.88 Å². The van der Waals surface area contributed by atoms with Crippen molar-refractivity contribution in [1.82, 2.24) is 10.3 Å². The number of nitrogens with zero attached hydrogens (tertiary/aromatic N) is 1. The largest absolute Gasteiger partial charge is 0.493 e. The van der Waals surface area contributed by atoms with Gasteiger partial charge >= 0.3 is 12.1 Å². The Labute approximate surface area is 178 Å². The molecule has 0 atom stereocenters. The standard InChI is InChI=1S/C20H23N3O8/c1-4-29-19(25)13-8-16(18(22-10-13)31-20(26)23-17(24)9-21)30-11-12-5-6-14(27-2)15(7-12)28-3/h5-8,10H,4,9,11,21H2,1-3H3,(H,23,24,26). The van der Waals surface area contributed by atoms with E-state index in [1.165, 1.54) is 20.3 Å². The summed E-state index contributed by atoms with van der Waals surface area (Å²) in [6.07, 6.45) is 0.0667. The highest BCUT2D eigenvalue weighted by Gasteiger charge is 2.18. The molecule has 0 saturated heterocycles. The molecule has 0 aliphatic carbocycles. The van der Waals surface area contributed by atoms with Gasteiger partial charge in [0.15, 0.2) is 17.2 Å². The van der Waals surface area contributed by atoms with Crippen LogP contribution in [-0.4, -0.2) is 50.3 Å². The van der Waals surface area contributed by atoms with Gasteiger partial charge < -0.3 is 29.4 Å². The monoisotopic (exact) mass is 433 g/mol. The molecule has 31 heavy (non-hydrogen) atoms. The van der Waals surface area contributed by atoms with E-state index in [2.05, 4.69) is 4.98 Å². The van der Waals surface area contributed by atoms with Crippen LogP contribution in [0.4, 0.5) is 4.79 Å². The first-order chi connectivity index (χ1) is 14.9. The summed E-state index contributed by atoms with van der Waals surface area (Å²) < 4.78 is 26.1. The van der Waals surface area contributed by atoms with E-state index in [-0.39, 0.29) is 30.4 Å². The number of pyridine rings is 1. The van der Waals surface area contributed by atoms with Gasteiger partial charge in [-0.05, 0) is 24.6 Å². The number of rotatable bonds is 9. The zero-order chi connectivity index (χ0) is 22.8. The lowest BCUT2D eigenvalue weighted by Gasteiger charge is -2.13. The second-order valence-corrected chi connectivity index (χ2v) is 5.87. The van der Waals surface area contributed by atoms with Crippen LogP contribution in [0.2, 0.25) is 0 Å². The quantitative estimate of drug-likeness (QED) is 0.556. The van der Waals surface area contributed by atoms with Crippen molar-refractivity contribution in [2.24, 2.45) is 5.73 Å². The van der Waals surface area contributed by atoms with E-state index in [0.717, 1.165) is 6.20 Å². The number of carbonyl (C=O) groups is 3. The van der Waals surface area contributed by atoms with Gasteiger partial charge in [0.05, 0.1) is 32.9 Å². The third-order valence-electron chi connectivity index (χ3n) is 3.79. The molecule has 3 N–H and O–H groups in total. The molecule has 0 aliphatic heterocycles. The van der Waals surface area contributed by atoms with Crippen LogP contribution in [0, 0.1) is 0 Å². The van der Waals surface area contributed by atoms with Crippen molar-refractivity contribution < 1.29 is 38.1 Å². The van der Waals surface area contributed by atoms with Crippen molar-refractivity contribution in [2.45, 2.75) is 13.5 Å². The molecule has 1 aromatic carbocycles. The smallest absolute Gasteiger partial charge is 0.420 e. The Morgan fingerprint density at radius 3 is 2.45 bits per heavy atom. The average molecular weight is 433 g/mol. The maximum Gasteiger partial charge on any atom is 0.420 e. The Bertz CT molecular complexity index is 948. The van der Waals surface area contributed by atoms with E-state index in [0.29, 0.717) is 17.1 Å². The molecule has 11 nitrogen and oxygen atoms in total. The summed E-state index contributed by atoms with van der Waals surface area (Å²) in [5, 5.41) is 1.92. The van der Waals surface area contributed by atoms with Crippen LogP contribution in [0.1, 0.15) is 22.8 Å². The Balaban J connectivity index is 2.26. The van der Waals surface area contributed by atoms with Gasteiger partial charge in [-0.3, -0.25) is 10.1 Å². The van der Waals surface area contributed by atoms with Crippen LogP contribution >= 0.6 is 0 Å². The predicted octanol–water partition coefficient (Wildman–Crippen LogP) is 1.43. The molecule has 11 heteroatoms. The van der Waals surface area contributed by atoms with Gasteiger partial charge in [0, 0.05) is 12.3 Å². The Morgan fingerprint density at radius 1 is 1.06 bits per heavy atom. The molecule has 0 fully saturated rings. The van der Waals surface area contributed by atoms with E-state index < -0.39 is 24.5 Å². The summed E-state index contributed by atoms with van der Waals surface area (Å²) in [6.45, 7) is 1.46. The molecule has 0 spiro atoms. The minimum atomic E-state index is -1.09. The van der Waals surface area contributed by atoms with Gasteiger partial charge in [0.1, 0.15) is 6.61 Å². The summed E-state index contributed by atoms with van der Waals surface area (Å²) in [5.41, 5.74) is 5.95. The molecule has 0 bridgehead atoms. The van der Waals surface area contributed by atoms with Gasteiger partial charge in [0.2, 0.25) is 5.91 Å². The number of imide groups is 1. The number of hydrogen-bond acceptors (Lipinski definition) is 10. The topological polar surface area (TPSA) is 148 Å². The van der Waals surface area contributed by atoms with Crippen LogP contribution in [0.15, 0.2) is 30.5 Å². The van der Waals surface area contributed by atoms with Crippen LogP contribution < -0.4 is 30.0 Å². The van der Waals surface area contributed by atoms with Crippen molar-refractivity contribution in [2.75, 3.05) is 27.4 Å². The average Bonchev–Trinajstić information content (AvgIpc) is 2.77. The molecule has 1 heterocycles. The van der Waals surface area contributed by atoms with Crippen molar-refractivity contribution in [3.05, 3.63) is 41.6 Å². The van der Waals surface area contributed by atoms with Crippen LogP contribution in [-0.2, 0) is 16.1 Å². The highest BCUT2D eigenvalue weighted by atomic mass is 16.6. The Morgan fingerprint density at radius 2 is 1.81 bits per heavy atom.